The summed E-state index contributed by atoms with van der Waals surface area (Å²) in [5.41, 5.74) is 0.203. The maximum atomic E-state index is 13.5. The first kappa shape index (κ1) is 20.4. The minimum Gasteiger partial charge on any atom is -0.390 e. The van der Waals surface area contributed by atoms with Crippen LogP contribution in [-0.2, 0) is 18.0 Å². The molecule has 8 heteroatoms. The molecule has 0 aliphatic heterocycles. The van der Waals surface area contributed by atoms with Crippen molar-refractivity contribution in [3.05, 3.63) is 47.3 Å². The molecule has 0 atom stereocenters. The van der Waals surface area contributed by atoms with Crippen LogP contribution in [-0.4, -0.2) is 25.9 Å². The van der Waals surface area contributed by atoms with Gasteiger partial charge >= 0.3 is 6.18 Å². The summed E-state index contributed by atoms with van der Waals surface area (Å²) in [5, 5.41) is 25.4. The number of H-pyrrole nitrogens is 1. The van der Waals surface area contributed by atoms with E-state index in [2.05, 4.69) is 21.3 Å². The fraction of sp³-hybridized carbons (Fsp3) is 0.409. The van der Waals surface area contributed by atoms with Gasteiger partial charge in [0.2, 0.25) is 0 Å². The van der Waals surface area contributed by atoms with E-state index in [4.69, 9.17) is 0 Å². The van der Waals surface area contributed by atoms with Gasteiger partial charge in [-0.15, -0.1) is 0 Å². The van der Waals surface area contributed by atoms with Crippen molar-refractivity contribution in [1.82, 2.24) is 15.2 Å². The average Bonchev–Trinajstić information content (AvgIpc) is 3.35. The van der Waals surface area contributed by atoms with Gasteiger partial charge in [0.25, 0.3) is 0 Å². The highest BCUT2D eigenvalue weighted by Gasteiger charge is 2.45. The average molecular weight is 414 g/mol. The summed E-state index contributed by atoms with van der Waals surface area (Å²) < 4.78 is 40.6. The number of rotatable bonds is 5. The van der Waals surface area contributed by atoms with Crippen LogP contribution in [0.4, 0.5) is 13.2 Å². The van der Waals surface area contributed by atoms with Crippen LogP contribution in [0, 0.1) is 11.3 Å². The molecule has 2 heterocycles. The Labute approximate surface area is 171 Å². The van der Waals surface area contributed by atoms with Gasteiger partial charge in [0.15, 0.2) is 5.65 Å². The second-order valence-electron chi connectivity index (χ2n) is 8.58. The molecule has 1 fully saturated rings. The molecule has 156 valence electrons. The van der Waals surface area contributed by atoms with Gasteiger partial charge in [0.1, 0.15) is 5.69 Å². The molecule has 1 aliphatic rings. The molecule has 0 spiro atoms. The van der Waals surface area contributed by atoms with Crippen molar-refractivity contribution < 1.29 is 18.3 Å². The van der Waals surface area contributed by atoms with Crippen LogP contribution < -0.4 is 0 Å². The standard InChI is InChI=1S/C22H21F3N4O/c1-20(2,30)5-3-13-9-14(11-15(10-13)21(12-26)6-7-21)16-4-8-27-19-17(16)18(28-29-19)22(23,24)25/h4,8-11,30H,3,5-7H2,1-2H3,(H,27,28,29). The first-order valence-corrected chi connectivity index (χ1v) is 9.71. The van der Waals surface area contributed by atoms with Crippen molar-refractivity contribution in [3.63, 3.8) is 0 Å². The SMILES string of the molecule is CC(C)(O)CCc1cc(-c2ccnc3n[nH]c(C(F)(F)F)c23)cc(C2(C#N)CC2)c1. The van der Waals surface area contributed by atoms with Gasteiger partial charge in [-0.25, -0.2) is 4.98 Å². The summed E-state index contributed by atoms with van der Waals surface area (Å²) in [7, 11) is 0. The van der Waals surface area contributed by atoms with Crippen LogP contribution in [0.25, 0.3) is 22.2 Å². The molecule has 5 nitrogen and oxygen atoms in total. The van der Waals surface area contributed by atoms with Gasteiger partial charge in [0.05, 0.1) is 22.5 Å². The molecule has 3 aromatic rings. The number of benzene rings is 1. The third kappa shape index (κ3) is 3.77. The van der Waals surface area contributed by atoms with Crippen molar-refractivity contribution in [3.8, 4) is 17.2 Å². The Morgan fingerprint density at radius 3 is 2.57 bits per heavy atom. The van der Waals surface area contributed by atoms with E-state index in [9.17, 15) is 23.5 Å². The largest absolute Gasteiger partial charge is 0.433 e. The summed E-state index contributed by atoms with van der Waals surface area (Å²) in [5.74, 6) is 0. The fourth-order valence-corrected chi connectivity index (χ4v) is 3.70. The lowest BCUT2D eigenvalue weighted by Crippen LogP contribution is -2.19. The number of hydrogen-bond acceptors (Lipinski definition) is 4. The minimum absolute atomic E-state index is 0.00955. The first-order valence-electron chi connectivity index (χ1n) is 9.71. The zero-order valence-corrected chi connectivity index (χ0v) is 16.6. The monoisotopic (exact) mass is 414 g/mol. The minimum atomic E-state index is -4.60. The van der Waals surface area contributed by atoms with Crippen molar-refractivity contribution >= 4 is 11.0 Å². The smallest absolute Gasteiger partial charge is 0.390 e. The van der Waals surface area contributed by atoms with Crippen molar-refractivity contribution in [2.24, 2.45) is 0 Å². The predicted molar refractivity (Wildman–Crippen MR) is 105 cm³/mol. The summed E-state index contributed by atoms with van der Waals surface area (Å²) in [6, 6.07) is 9.45. The Bertz CT molecular complexity index is 1150. The highest BCUT2D eigenvalue weighted by atomic mass is 19.4. The van der Waals surface area contributed by atoms with E-state index in [-0.39, 0.29) is 11.0 Å². The third-order valence-electron chi connectivity index (χ3n) is 5.58. The van der Waals surface area contributed by atoms with E-state index in [1.54, 1.807) is 19.9 Å². The van der Waals surface area contributed by atoms with Crippen molar-refractivity contribution in [2.45, 2.75) is 56.7 Å². The highest BCUT2D eigenvalue weighted by molar-refractivity contribution is 5.95. The lowest BCUT2D eigenvalue weighted by molar-refractivity contribution is -0.139. The van der Waals surface area contributed by atoms with Crippen LogP contribution in [0.3, 0.4) is 0 Å². The number of fused-ring (bicyclic) bond motifs is 1. The maximum absolute atomic E-state index is 13.5. The van der Waals surface area contributed by atoms with E-state index in [0.717, 1.165) is 24.0 Å². The Hall–Kier alpha value is -2.92. The van der Waals surface area contributed by atoms with Crippen LogP contribution in [0.15, 0.2) is 30.5 Å². The molecule has 2 N–H and O–H groups in total. The summed E-state index contributed by atoms with van der Waals surface area (Å²) >= 11 is 0. The number of nitrogens with one attached hydrogen (secondary N) is 1. The lowest BCUT2D eigenvalue weighted by atomic mass is 9.88. The molecule has 0 amide bonds. The molecule has 0 bridgehead atoms. The number of aromatic amines is 1. The molecular formula is C22H21F3N4O. The maximum Gasteiger partial charge on any atom is 0.433 e. The van der Waals surface area contributed by atoms with Gasteiger partial charge < -0.3 is 5.11 Å². The lowest BCUT2D eigenvalue weighted by Gasteiger charge is -2.18. The second kappa shape index (κ2) is 6.81. The van der Waals surface area contributed by atoms with Crippen molar-refractivity contribution in [2.75, 3.05) is 0 Å². The molecule has 1 aromatic carbocycles. The number of nitrogens with zero attached hydrogens (tertiary/aromatic N) is 3. The van der Waals surface area contributed by atoms with E-state index in [0.29, 0.717) is 24.0 Å². The van der Waals surface area contributed by atoms with E-state index >= 15 is 0 Å². The molecule has 1 saturated carbocycles. The van der Waals surface area contributed by atoms with Gasteiger partial charge in [-0.3, -0.25) is 5.10 Å². The topological polar surface area (TPSA) is 85.6 Å². The second-order valence-corrected chi connectivity index (χ2v) is 8.58. The molecule has 4 rings (SSSR count). The number of aliphatic hydroxyl groups is 1. The Morgan fingerprint density at radius 2 is 1.97 bits per heavy atom. The number of halogens is 3. The first-order chi connectivity index (χ1) is 14.0. The number of pyridine rings is 1. The van der Waals surface area contributed by atoms with Gasteiger partial charge in [-0.05, 0) is 73.9 Å². The van der Waals surface area contributed by atoms with Gasteiger partial charge in [-0.1, -0.05) is 12.1 Å². The van der Waals surface area contributed by atoms with E-state index in [1.807, 2.05) is 12.1 Å². The molecule has 0 unspecified atom stereocenters. The van der Waals surface area contributed by atoms with Gasteiger partial charge in [-0.2, -0.15) is 23.5 Å². The fourth-order valence-electron chi connectivity index (χ4n) is 3.70. The van der Waals surface area contributed by atoms with Crippen LogP contribution in [0.5, 0.6) is 0 Å². The quantitative estimate of drug-likeness (QED) is 0.622. The number of aromatic nitrogens is 3. The van der Waals surface area contributed by atoms with Gasteiger partial charge in [0, 0.05) is 6.20 Å². The third-order valence-corrected chi connectivity index (χ3v) is 5.58. The normalized spacial score (nSPS) is 15.9. The molecule has 0 saturated heterocycles. The Morgan fingerprint density at radius 1 is 1.23 bits per heavy atom. The highest BCUT2D eigenvalue weighted by Crippen LogP contribution is 2.49. The van der Waals surface area contributed by atoms with Crippen LogP contribution in [0.1, 0.15) is 49.9 Å². The van der Waals surface area contributed by atoms with Crippen LogP contribution in [0.2, 0.25) is 0 Å². The summed E-state index contributed by atoms with van der Waals surface area (Å²) in [6.07, 6.45) is -0.693. The molecule has 1 aliphatic carbocycles. The summed E-state index contributed by atoms with van der Waals surface area (Å²) in [6.45, 7) is 3.42. The van der Waals surface area contributed by atoms with Crippen molar-refractivity contribution in [1.29, 1.82) is 5.26 Å². The van der Waals surface area contributed by atoms with Crippen LogP contribution >= 0.6 is 0 Å². The zero-order chi connectivity index (χ0) is 21.7. The summed E-state index contributed by atoms with van der Waals surface area (Å²) in [4.78, 5) is 3.96. The van der Waals surface area contributed by atoms with E-state index in [1.165, 1.54) is 12.3 Å². The Balaban J connectivity index is 1.90. The van der Waals surface area contributed by atoms with E-state index < -0.39 is 22.9 Å². The predicted octanol–water partition coefficient (Wildman–Crippen LogP) is 4.90. The zero-order valence-electron chi connectivity index (χ0n) is 16.6. The molecule has 2 aromatic heterocycles. The number of hydrogen-bond donors (Lipinski definition) is 2. The number of alkyl halides is 3. The Kier molecular flexibility index (Phi) is 4.62. The molecular weight excluding hydrogens is 393 g/mol. The number of aryl methyl sites for hydroxylation is 1. The molecule has 30 heavy (non-hydrogen) atoms. The molecule has 0 radical (unpaired) electrons. The number of nitriles is 1.